The molecule has 0 bridgehead atoms. The number of hydrogen-bond acceptors (Lipinski definition) is 5. The van der Waals surface area contributed by atoms with Crippen LogP contribution in [0, 0.1) is 5.92 Å². The largest absolute Gasteiger partial charge is 0.342 e. The van der Waals surface area contributed by atoms with Gasteiger partial charge in [0, 0.05) is 27.1 Å². The molecule has 0 spiro atoms. The summed E-state index contributed by atoms with van der Waals surface area (Å²) < 4.78 is 4.93. The zero-order chi connectivity index (χ0) is 13.9. The second-order valence-corrected chi connectivity index (χ2v) is 4.56. The highest BCUT2D eigenvalue weighted by Crippen LogP contribution is 2.06. The molecule has 1 heterocycles. The quantitative estimate of drug-likeness (QED) is 0.776. The van der Waals surface area contributed by atoms with Crippen molar-refractivity contribution in [1.29, 1.82) is 0 Å². The average Bonchev–Trinajstić information content (AvgIpc) is 2.74. The maximum absolute atomic E-state index is 11.7. The van der Waals surface area contributed by atoms with Gasteiger partial charge < -0.3 is 14.3 Å². The van der Waals surface area contributed by atoms with Crippen LogP contribution in [0.15, 0.2) is 4.52 Å². The minimum Gasteiger partial charge on any atom is -0.342 e. The highest BCUT2D eigenvalue weighted by atomic mass is 16.5. The Balaban J connectivity index is 2.70. The van der Waals surface area contributed by atoms with E-state index in [-0.39, 0.29) is 36.0 Å². The lowest BCUT2D eigenvalue weighted by Crippen LogP contribution is -2.30. The second-order valence-electron chi connectivity index (χ2n) is 4.56. The molecule has 0 unspecified atom stereocenters. The van der Waals surface area contributed by atoms with Gasteiger partial charge in [0.1, 0.15) is 0 Å². The smallest absolute Gasteiger partial charge is 0.294 e. The molecule has 18 heavy (non-hydrogen) atoms. The first-order valence-electron chi connectivity index (χ1n) is 5.62. The lowest BCUT2D eigenvalue weighted by atomic mass is 10.2. The Hall–Kier alpha value is -1.92. The van der Waals surface area contributed by atoms with Crippen LogP contribution in [-0.2, 0) is 11.3 Å². The summed E-state index contributed by atoms with van der Waals surface area (Å²) in [7, 11) is 4.86. The molecule has 0 radical (unpaired) electrons. The van der Waals surface area contributed by atoms with Crippen LogP contribution in [0.4, 0.5) is 0 Å². The van der Waals surface area contributed by atoms with E-state index in [9.17, 15) is 9.59 Å². The van der Waals surface area contributed by atoms with Gasteiger partial charge in [-0.2, -0.15) is 4.98 Å². The van der Waals surface area contributed by atoms with Gasteiger partial charge in [-0.3, -0.25) is 9.59 Å². The lowest BCUT2D eigenvalue weighted by molar-refractivity contribution is -0.133. The topological polar surface area (TPSA) is 79.5 Å². The van der Waals surface area contributed by atoms with Gasteiger partial charge in [-0.05, 0) is 0 Å². The maximum atomic E-state index is 11.7. The van der Waals surface area contributed by atoms with Crippen molar-refractivity contribution < 1.29 is 14.1 Å². The molecule has 0 aliphatic rings. The normalized spacial score (nSPS) is 10.6. The van der Waals surface area contributed by atoms with E-state index in [0.717, 1.165) is 0 Å². The van der Waals surface area contributed by atoms with Crippen molar-refractivity contribution in [2.24, 2.45) is 5.92 Å². The van der Waals surface area contributed by atoms with E-state index in [0.29, 0.717) is 0 Å². The molecule has 100 valence electrons. The molecule has 0 aromatic carbocycles. The summed E-state index contributed by atoms with van der Waals surface area (Å²) in [5.74, 6) is -0.200. The number of nitrogens with zero attached hydrogens (tertiary/aromatic N) is 4. The molecule has 7 nitrogen and oxygen atoms in total. The third kappa shape index (κ3) is 3.28. The van der Waals surface area contributed by atoms with E-state index < -0.39 is 0 Å². The Morgan fingerprint density at radius 2 is 1.89 bits per heavy atom. The average molecular weight is 254 g/mol. The van der Waals surface area contributed by atoms with Gasteiger partial charge in [0.25, 0.3) is 11.7 Å². The number of rotatable bonds is 4. The van der Waals surface area contributed by atoms with Gasteiger partial charge >= 0.3 is 0 Å². The van der Waals surface area contributed by atoms with Crippen LogP contribution in [0.5, 0.6) is 0 Å². The van der Waals surface area contributed by atoms with Gasteiger partial charge in [0.15, 0.2) is 0 Å². The van der Waals surface area contributed by atoms with Crippen molar-refractivity contribution in [3.05, 3.63) is 11.7 Å². The van der Waals surface area contributed by atoms with Crippen LogP contribution in [0.2, 0.25) is 0 Å². The lowest BCUT2D eigenvalue weighted by Gasteiger charge is -2.16. The zero-order valence-corrected chi connectivity index (χ0v) is 11.3. The van der Waals surface area contributed by atoms with Crippen LogP contribution in [0.25, 0.3) is 0 Å². The van der Waals surface area contributed by atoms with E-state index in [1.54, 1.807) is 21.1 Å². The molecular weight excluding hydrogens is 236 g/mol. The molecular formula is C11H18N4O3. The van der Waals surface area contributed by atoms with Crippen molar-refractivity contribution in [3.8, 4) is 0 Å². The van der Waals surface area contributed by atoms with Gasteiger partial charge in [-0.25, -0.2) is 0 Å². The van der Waals surface area contributed by atoms with E-state index in [1.807, 2.05) is 13.8 Å². The third-order valence-electron chi connectivity index (χ3n) is 2.31. The fourth-order valence-corrected chi connectivity index (χ4v) is 1.33. The van der Waals surface area contributed by atoms with Crippen LogP contribution in [0.3, 0.4) is 0 Å². The molecule has 1 aromatic heterocycles. The van der Waals surface area contributed by atoms with Crippen LogP contribution in [0.1, 0.15) is 30.4 Å². The first kappa shape index (κ1) is 14.1. The van der Waals surface area contributed by atoms with Crippen LogP contribution >= 0.6 is 0 Å². The first-order valence-corrected chi connectivity index (χ1v) is 5.62. The molecule has 0 saturated carbocycles. The summed E-state index contributed by atoms with van der Waals surface area (Å²) in [6, 6.07) is 0. The summed E-state index contributed by atoms with van der Waals surface area (Å²) >= 11 is 0. The van der Waals surface area contributed by atoms with Crippen molar-refractivity contribution in [2.75, 3.05) is 21.1 Å². The second kappa shape index (κ2) is 5.61. The molecule has 7 heteroatoms. The number of amides is 2. The summed E-state index contributed by atoms with van der Waals surface area (Å²) in [6.07, 6.45) is 0. The van der Waals surface area contributed by atoms with Crippen molar-refractivity contribution in [2.45, 2.75) is 20.4 Å². The van der Waals surface area contributed by atoms with E-state index in [2.05, 4.69) is 10.1 Å². The fourth-order valence-electron chi connectivity index (χ4n) is 1.33. The van der Waals surface area contributed by atoms with Gasteiger partial charge in [-0.1, -0.05) is 19.0 Å². The molecule has 0 aliphatic carbocycles. The molecule has 2 amide bonds. The molecule has 0 saturated heterocycles. The minimum absolute atomic E-state index is 0.000367. The van der Waals surface area contributed by atoms with Crippen molar-refractivity contribution in [1.82, 2.24) is 19.9 Å². The standard InChI is InChI=1S/C11H18N4O3/c1-7(2)10(16)15(5)6-8-12-9(13-18-8)11(17)14(3)4/h7H,6H2,1-5H3. The predicted molar refractivity (Wildman–Crippen MR) is 63.6 cm³/mol. The summed E-state index contributed by atoms with van der Waals surface area (Å²) in [5.41, 5.74) is 0. The Morgan fingerprint density at radius 3 is 2.39 bits per heavy atom. The predicted octanol–water partition coefficient (Wildman–Crippen LogP) is 0.386. The Labute approximate surface area is 106 Å². The SMILES string of the molecule is CC(C)C(=O)N(C)Cc1nc(C(=O)N(C)C)no1. The minimum atomic E-state index is -0.331. The number of carbonyl (C=O) groups excluding carboxylic acids is 2. The summed E-state index contributed by atoms with van der Waals surface area (Å²) in [6.45, 7) is 3.83. The first-order chi connectivity index (χ1) is 8.32. The number of hydrogen-bond donors (Lipinski definition) is 0. The molecule has 0 aliphatic heterocycles. The number of aromatic nitrogens is 2. The maximum Gasteiger partial charge on any atom is 0.294 e. The van der Waals surface area contributed by atoms with E-state index in [4.69, 9.17) is 4.52 Å². The Bertz CT molecular complexity index is 439. The van der Waals surface area contributed by atoms with Gasteiger partial charge in [-0.15, -0.1) is 0 Å². The van der Waals surface area contributed by atoms with Crippen molar-refractivity contribution in [3.63, 3.8) is 0 Å². The Kier molecular flexibility index (Phi) is 4.41. The summed E-state index contributed by atoms with van der Waals surface area (Å²) in [4.78, 5) is 30.0. The molecule has 0 fully saturated rings. The number of carbonyl (C=O) groups is 2. The zero-order valence-electron chi connectivity index (χ0n) is 11.3. The summed E-state index contributed by atoms with van der Waals surface area (Å²) in [5, 5.41) is 3.58. The molecule has 0 N–H and O–H groups in total. The van der Waals surface area contributed by atoms with Crippen molar-refractivity contribution >= 4 is 11.8 Å². The molecule has 1 rings (SSSR count). The highest BCUT2D eigenvalue weighted by Gasteiger charge is 2.19. The van der Waals surface area contributed by atoms with E-state index in [1.165, 1.54) is 9.80 Å². The molecule has 1 aromatic rings. The van der Waals surface area contributed by atoms with Gasteiger partial charge in [0.05, 0.1) is 6.54 Å². The Morgan fingerprint density at radius 1 is 1.28 bits per heavy atom. The van der Waals surface area contributed by atoms with Gasteiger partial charge in [0.2, 0.25) is 11.8 Å². The third-order valence-corrected chi connectivity index (χ3v) is 2.31. The monoisotopic (exact) mass is 254 g/mol. The molecule has 0 atom stereocenters. The highest BCUT2D eigenvalue weighted by molar-refractivity contribution is 5.89. The fraction of sp³-hybridized carbons (Fsp3) is 0.636. The van der Waals surface area contributed by atoms with Crippen LogP contribution < -0.4 is 0 Å². The van der Waals surface area contributed by atoms with Crippen LogP contribution in [-0.4, -0.2) is 52.9 Å². The van der Waals surface area contributed by atoms with E-state index >= 15 is 0 Å².